The molecule has 1 amide bonds. The van der Waals surface area contributed by atoms with Crippen LogP contribution in [-0.2, 0) is 4.57 Å². The second-order valence-corrected chi connectivity index (χ2v) is 2.41. The third-order valence-electron chi connectivity index (χ3n) is 0.287. The summed E-state index contributed by atoms with van der Waals surface area (Å²) in [5, 5.41) is 0. The van der Waals surface area contributed by atoms with Gasteiger partial charge in [0.15, 0.2) is 0 Å². The predicted molar refractivity (Wildman–Crippen MR) is 28.5 cm³/mol. The van der Waals surface area contributed by atoms with Crippen LogP contribution in [0.2, 0.25) is 0 Å². The van der Waals surface area contributed by atoms with Gasteiger partial charge in [0.1, 0.15) is 0 Å². The van der Waals surface area contributed by atoms with Gasteiger partial charge < -0.3 is 15.5 Å². The molecule has 4 N–H and O–H groups in total. The molecular formula is CH5MgNO4P+3. The zero-order valence-corrected chi connectivity index (χ0v) is 6.25. The predicted octanol–water partition coefficient (Wildman–Crippen LogP) is -1.03. The molecule has 0 aliphatic rings. The average Bonchev–Trinajstić information content (AvgIpc) is 1.31. The van der Waals surface area contributed by atoms with Crippen LogP contribution in [0.1, 0.15) is 1.43 Å². The molecule has 0 aliphatic heterocycles. The first-order valence-electron chi connectivity index (χ1n) is 1.30. The van der Waals surface area contributed by atoms with Gasteiger partial charge in [-0.15, -0.1) is 0 Å². The summed E-state index contributed by atoms with van der Waals surface area (Å²) in [5.41, 5.74) is 2.58. The van der Waals surface area contributed by atoms with Gasteiger partial charge in [-0.1, -0.05) is 0 Å². The van der Waals surface area contributed by atoms with E-state index < -0.39 is 13.2 Å². The molecule has 0 aliphatic carbocycles. The second kappa shape index (κ2) is 3.42. The summed E-state index contributed by atoms with van der Waals surface area (Å²) < 4.78 is 9.55. The Hall–Kier alpha value is 0.386. The molecule has 0 fully saturated rings. The van der Waals surface area contributed by atoms with Crippen molar-refractivity contribution in [3.05, 3.63) is 0 Å². The maximum atomic E-state index is 9.55. The normalized spacial score (nSPS) is 9.75. The van der Waals surface area contributed by atoms with Gasteiger partial charge in [-0.05, 0) is 0 Å². The summed E-state index contributed by atoms with van der Waals surface area (Å²) in [7, 11) is -4.60. The van der Waals surface area contributed by atoms with Crippen molar-refractivity contribution in [1.29, 1.82) is 0 Å². The molecule has 7 heteroatoms. The van der Waals surface area contributed by atoms with Crippen LogP contribution in [0.15, 0.2) is 0 Å². The van der Waals surface area contributed by atoms with Crippen LogP contribution in [0.5, 0.6) is 0 Å². The summed E-state index contributed by atoms with van der Waals surface area (Å²) in [5.74, 6) is 0. The molecule has 0 spiro atoms. The molecule has 0 aromatic carbocycles. The number of rotatable bonds is 1. The molecule has 5 nitrogen and oxygen atoms in total. The Kier molecular flexibility index (Phi) is 4.79. The van der Waals surface area contributed by atoms with Gasteiger partial charge in [0.05, 0.1) is 0 Å². The number of amides is 1. The topological polar surface area (TPSA) is 101 Å². The zero-order valence-electron chi connectivity index (χ0n) is 4.94. The van der Waals surface area contributed by atoms with Gasteiger partial charge in [0, 0.05) is 0 Å². The smallest absolute Gasteiger partial charge is 0.359 e. The van der Waals surface area contributed by atoms with E-state index in [1.165, 1.54) is 0 Å². The molecule has 0 aromatic rings. The summed E-state index contributed by atoms with van der Waals surface area (Å²) in [4.78, 5) is 24.9. The van der Waals surface area contributed by atoms with Gasteiger partial charge in [-0.3, -0.25) is 4.79 Å². The quantitative estimate of drug-likeness (QED) is 0.329. The van der Waals surface area contributed by atoms with Crippen molar-refractivity contribution in [2.45, 2.75) is 0 Å². The van der Waals surface area contributed by atoms with Crippen molar-refractivity contribution in [3.63, 3.8) is 0 Å². The molecule has 8 heavy (non-hydrogen) atoms. The minimum atomic E-state index is -4.60. The third-order valence-corrected chi connectivity index (χ3v) is 0.861. The Morgan fingerprint density at radius 2 is 1.75 bits per heavy atom. The van der Waals surface area contributed by atoms with Gasteiger partial charge in [-0.2, -0.15) is 0 Å². The maximum Gasteiger partial charge on any atom is 2.00 e. The standard InChI is InChI=1S/CH4NO4P.Mg/c2-1(3)7(4,5)6;/h(H2,2,3)(H2,4,5,6);/q;+2/p+1. The van der Waals surface area contributed by atoms with E-state index in [2.05, 4.69) is 5.73 Å². The van der Waals surface area contributed by atoms with E-state index in [1.807, 2.05) is 0 Å². The minimum absolute atomic E-state index is 0. The fourth-order valence-electron chi connectivity index (χ4n) is 0. The molecule has 0 atom stereocenters. The molecular weight excluding hydrogens is 145 g/mol. The molecule has 0 aromatic heterocycles. The van der Waals surface area contributed by atoms with Crippen LogP contribution in [0.25, 0.3) is 0 Å². The Morgan fingerprint density at radius 3 is 1.75 bits per heavy atom. The van der Waals surface area contributed by atoms with Crippen LogP contribution < -0.4 is 5.73 Å². The first kappa shape index (κ1) is 11.2. The SMILES string of the molecule is NC(=O)P(=O)(O)O.[H+].[Mg+2]. The maximum absolute atomic E-state index is 9.55. The Bertz CT molecular complexity index is 133. The Morgan fingerprint density at radius 1 is 1.62 bits per heavy atom. The Labute approximate surface area is 63.0 Å². The minimum Gasteiger partial charge on any atom is -0.359 e. The van der Waals surface area contributed by atoms with Crippen LogP contribution in [0.4, 0.5) is 4.79 Å². The average molecular weight is 150 g/mol. The first-order valence-corrected chi connectivity index (χ1v) is 2.91. The van der Waals surface area contributed by atoms with Gasteiger partial charge in [-0.25, -0.2) is 4.57 Å². The number of carbonyl (C=O) groups excluding carboxylic acids is 1. The Balaban J connectivity index is -0.000000180. The van der Waals surface area contributed by atoms with Crippen molar-refractivity contribution in [2.75, 3.05) is 0 Å². The molecule has 0 saturated heterocycles. The second-order valence-electron chi connectivity index (χ2n) is 0.882. The van der Waals surface area contributed by atoms with Crippen molar-refractivity contribution >= 4 is 36.3 Å². The largest absolute Gasteiger partial charge is 2.00 e. The van der Waals surface area contributed by atoms with Gasteiger partial charge in [0.25, 0.3) is 0 Å². The number of primary amides is 1. The molecule has 42 valence electrons. The summed E-state index contributed by atoms with van der Waals surface area (Å²) in [6.07, 6.45) is 0. The molecule has 0 heterocycles. The fourth-order valence-corrected chi connectivity index (χ4v) is 0. The third kappa shape index (κ3) is 4.54. The van der Waals surface area contributed by atoms with Gasteiger partial charge >= 0.3 is 37.7 Å². The first-order chi connectivity index (χ1) is 2.94. The van der Waals surface area contributed by atoms with Gasteiger partial charge in [0.2, 0.25) is 0 Å². The molecule has 0 bridgehead atoms. The fraction of sp³-hybridized carbons (Fsp3) is 0. The van der Waals surface area contributed by atoms with E-state index in [9.17, 15) is 9.36 Å². The molecule has 0 saturated carbocycles. The van der Waals surface area contributed by atoms with Crippen molar-refractivity contribution in [2.24, 2.45) is 5.73 Å². The van der Waals surface area contributed by atoms with Crippen molar-refractivity contribution in [3.8, 4) is 0 Å². The zero-order chi connectivity index (χ0) is 6.08. The number of hydrogen-bond donors (Lipinski definition) is 3. The molecule has 0 rings (SSSR count). The van der Waals surface area contributed by atoms with Crippen molar-refractivity contribution in [1.82, 2.24) is 0 Å². The summed E-state index contributed by atoms with van der Waals surface area (Å²) >= 11 is 0. The molecule has 0 unspecified atom stereocenters. The van der Waals surface area contributed by atoms with E-state index in [-0.39, 0.29) is 24.5 Å². The van der Waals surface area contributed by atoms with Crippen LogP contribution >= 0.6 is 7.60 Å². The molecule has 0 radical (unpaired) electrons. The van der Waals surface area contributed by atoms with E-state index >= 15 is 0 Å². The number of nitrogens with two attached hydrogens (primary N) is 1. The van der Waals surface area contributed by atoms with Crippen molar-refractivity contribution < 1.29 is 20.6 Å². The van der Waals surface area contributed by atoms with E-state index in [4.69, 9.17) is 9.79 Å². The van der Waals surface area contributed by atoms with E-state index in [1.54, 1.807) is 0 Å². The van der Waals surface area contributed by atoms with Crippen LogP contribution in [-0.4, -0.2) is 38.5 Å². The van der Waals surface area contributed by atoms with Crippen LogP contribution in [0, 0.1) is 0 Å². The van der Waals surface area contributed by atoms with Crippen LogP contribution in [0.3, 0.4) is 0 Å². The van der Waals surface area contributed by atoms with E-state index in [0.29, 0.717) is 0 Å². The monoisotopic (exact) mass is 150 g/mol. The van der Waals surface area contributed by atoms with E-state index in [0.717, 1.165) is 0 Å². The number of hydrogen-bond acceptors (Lipinski definition) is 2. The summed E-state index contributed by atoms with van der Waals surface area (Å²) in [6.45, 7) is 0. The summed E-state index contributed by atoms with van der Waals surface area (Å²) in [6, 6.07) is 0. The number of carbonyl (C=O) groups is 1.